The maximum absolute atomic E-state index is 12.4. The van der Waals surface area contributed by atoms with Gasteiger partial charge in [0.05, 0.1) is 11.4 Å². The lowest BCUT2D eigenvalue weighted by molar-refractivity contribution is -0.130. The lowest BCUT2D eigenvalue weighted by Crippen LogP contribution is -2.40. The van der Waals surface area contributed by atoms with Crippen molar-refractivity contribution >= 4 is 17.7 Å². The second-order valence-electron chi connectivity index (χ2n) is 6.45. The molecule has 1 unspecified atom stereocenters. The van der Waals surface area contributed by atoms with Crippen LogP contribution in [0.15, 0.2) is 5.16 Å². The molecular formula is C17H29N3OS. The molecular weight excluding hydrogens is 294 g/mol. The Balaban J connectivity index is 1.95. The van der Waals surface area contributed by atoms with E-state index >= 15 is 0 Å². The molecule has 1 aromatic heterocycles. The van der Waals surface area contributed by atoms with Gasteiger partial charge in [0.15, 0.2) is 5.16 Å². The van der Waals surface area contributed by atoms with Crippen molar-refractivity contribution in [2.24, 2.45) is 5.92 Å². The van der Waals surface area contributed by atoms with E-state index in [1.807, 2.05) is 4.90 Å². The molecule has 4 nitrogen and oxygen atoms in total. The monoisotopic (exact) mass is 323 g/mol. The third-order valence-corrected chi connectivity index (χ3v) is 5.45. The number of likely N-dealkylation sites (tertiary alicyclic amines) is 1. The molecule has 0 saturated carbocycles. The van der Waals surface area contributed by atoms with Gasteiger partial charge in [0.1, 0.15) is 0 Å². The Bertz CT molecular complexity index is 512. The van der Waals surface area contributed by atoms with Crippen molar-refractivity contribution in [1.29, 1.82) is 0 Å². The lowest BCUT2D eigenvalue weighted by Gasteiger charge is -2.30. The van der Waals surface area contributed by atoms with E-state index in [-0.39, 0.29) is 5.91 Å². The molecule has 0 aliphatic carbocycles. The van der Waals surface area contributed by atoms with Gasteiger partial charge in [-0.05, 0) is 39.0 Å². The van der Waals surface area contributed by atoms with Crippen LogP contribution >= 0.6 is 11.8 Å². The van der Waals surface area contributed by atoms with E-state index < -0.39 is 0 Å². The number of carbonyl (C=O) groups excluding carboxylic acids is 1. The van der Waals surface area contributed by atoms with E-state index in [0.717, 1.165) is 43.3 Å². The molecule has 1 aliphatic rings. The zero-order chi connectivity index (χ0) is 16.1. The average molecular weight is 324 g/mol. The predicted octanol–water partition coefficient (Wildman–Crippen LogP) is 3.65. The smallest absolute Gasteiger partial charge is 0.233 e. The molecule has 0 radical (unpaired) electrons. The topological polar surface area (TPSA) is 38.1 Å². The van der Waals surface area contributed by atoms with Crippen LogP contribution in [-0.2, 0) is 11.3 Å². The Morgan fingerprint density at radius 1 is 1.41 bits per heavy atom. The van der Waals surface area contributed by atoms with Crippen molar-refractivity contribution in [3.05, 3.63) is 11.4 Å². The first-order chi connectivity index (χ1) is 10.5. The summed E-state index contributed by atoms with van der Waals surface area (Å²) in [5.41, 5.74) is 2.31. The quantitative estimate of drug-likeness (QED) is 0.750. The van der Waals surface area contributed by atoms with Gasteiger partial charge in [0.2, 0.25) is 5.91 Å². The van der Waals surface area contributed by atoms with Gasteiger partial charge in [-0.1, -0.05) is 32.0 Å². The minimum Gasteiger partial charge on any atom is -0.342 e. The van der Waals surface area contributed by atoms with Gasteiger partial charge in [-0.25, -0.2) is 4.98 Å². The van der Waals surface area contributed by atoms with Crippen LogP contribution in [0, 0.1) is 19.8 Å². The first-order valence-corrected chi connectivity index (χ1v) is 9.45. The highest BCUT2D eigenvalue weighted by Crippen LogP contribution is 2.23. The van der Waals surface area contributed by atoms with Crippen molar-refractivity contribution < 1.29 is 4.79 Å². The van der Waals surface area contributed by atoms with E-state index in [9.17, 15) is 4.79 Å². The second kappa shape index (κ2) is 8.04. The van der Waals surface area contributed by atoms with E-state index in [1.54, 1.807) is 11.8 Å². The number of hydrogen-bond donors (Lipinski definition) is 0. The fourth-order valence-electron chi connectivity index (χ4n) is 2.95. The number of nitrogens with zero attached hydrogens (tertiary/aromatic N) is 3. The van der Waals surface area contributed by atoms with Gasteiger partial charge >= 0.3 is 0 Å². The number of thioether (sulfide) groups is 1. The molecule has 124 valence electrons. The second-order valence-corrected chi connectivity index (χ2v) is 7.39. The number of unbranched alkanes of at least 4 members (excludes halogenated alkanes) is 1. The first-order valence-electron chi connectivity index (χ1n) is 8.47. The third-order valence-electron chi connectivity index (χ3n) is 4.49. The molecule has 22 heavy (non-hydrogen) atoms. The number of carbonyl (C=O) groups is 1. The van der Waals surface area contributed by atoms with Crippen LogP contribution in [-0.4, -0.2) is 39.2 Å². The van der Waals surface area contributed by atoms with Crippen molar-refractivity contribution in [3.63, 3.8) is 0 Å². The average Bonchev–Trinajstić information content (AvgIpc) is 2.77. The SMILES string of the molecule is CCCCn1c(SCC(=O)N2CCCC(C)C2)nc(C)c1C. The molecule has 1 aromatic rings. The van der Waals surface area contributed by atoms with E-state index in [2.05, 4.69) is 37.2 Å². The van der Waals surface area contributed by atoms with Crippen molar-refractivity contribution in [2.75, 3.05) is 18.8 Å². The summed E-state index contributed by atoms with van der Waals surface area (Å²) in [7, 11) is 0. The van der Waals surface area contributed by atoms with Crippen LogP contribution in [0.25, 0.3) is 0 Å². The predicted molar refractivity (Wildman–Crippen MR) is 92.3 cm³/mol. The molecule has 0 aromatic carbocycles. The summed E-state index contributed by atoms with van der Waals surface area (Å²) in [5.74, 6) is 1.41. The van der Waals surface area contributed by atoms with Crippen LogP contribution in [0.5, 0.6) is 0 Å². The van der Waals surface area contributed by atoms with Crippen molar-refractivity contribution in [3.8, 4) is 0 Å². The maximum atomic E-state index is 12.4. The normalized spacial score (nSPS) is 18.7. The summed E-state index contributed by atoms with van der Waals surface area (Å²) < 4.78 is 2.27. The number of amides is 1. The summed E-state index contributed by atoms with van der Waals surface area (Å²) in [6, 6.07) is 0. The van der Waals surface area contributed by atoms with Crippen LogP contribution < -0.4 is 0 Å². The highest BCUT2D eigenvalue weighted by atomic mass is 32.2. The fourth-order valence-corrected chi connectivity index (χ4v) is 3.97. The van der Waals surface area contributed by atoms with Crippen LogP contribution in [0.3, 0.4) is 0 Å². The molecule has 1 atom stereocenters. The number of hydrogen-bond acceptors (Lipinski definition) is 3. The fraction of sp³-hybridized carbons (Fsp3) is 0.765. The van der Waals surface area contributed by atoms with Crippen molar-refractivity contribution in [2.45, 2.75) is 65.1 Å². The zero-order valence-electron chi connectivity index (χ0n) is 14.4. The summed E-state index contributed by atoms with van der Waals surface area (Å²) in [6.07, 6.45) is 4.71. The molecule has 1 amide bonds. The van der Waals surface area contributed by atoms with Gasteiger partial charge in [-0.2, -0.15) is 0 Å². The summed E-state index contributed by atoms with van der Waals surface area (Å²) in [6.45, 7) is 11.4. The third kappa shape index (κ3) is 4.28. The number of aryl methyl sites for hydroxylation is 1. The highest BCUT2D eigenvalue weighted by molar-refractivity contribution is 7.99. The minimum atomic E-state index is 0.261. The number of aromatic nitrogens is 2. The Morgan fingerprint density at radius 3 is 2.86 bits per heavy atom. The van der Waals surface area contributed by atoms with Gasteiger partial charge in [-0.3, -0.25) is 4.79 Å². The van der Waals surface area contributed by atoms with Crippen LogP contribution in [0.4, 0.5) is 0 Å². The summed E-state index contributed by atoms with van der Waals surface area (Å²) in [4.78, 5) is 19.1. The van der Waals surface area contributed by atoms with Crippen LogP contribution in [0.2, 0.25) is 0 Å². The molecule has 1 saturated heterocycles. The lowest BCUT2D eigenvalue weighted by atomic mass is 10.0. The van der Waals surface area contributed by atoms with Crippen LogP contribution in [0.1, 0.15) is 50.9 Å². The Labute approximate surface area is 138 Å². The molecule has 0 N–H and O–H groups in total. The number of rotatable bonds is 6. The first kappa shape index (κ1) is 17.4. The van der Waals surface area contributed by atoms with Crippen molar-refractivity contribution in [1.82, 2.24) is 14.5 Å². The largest absolute Gasteiger partial charge is 0.342 e. The van der Waals surface area contributed by atoms with Gasteiger partial charge in [0, 0.05) is 25.3 Å². The molecule has 0 bridgehead atoms. The zero-order valence-corrected chi connectivity index (χ0v) is 15.2. The van der Waals surface area contributed by atoms with Gasteiger partial charge < -0.3 is 9.47 Å². The molecule has 1 aliphatic heterocycles. The summed E-state index contributed by atoms with van der Waals surface area (Å²) >= 11 is 1.60. The summed E-state index contributed by atoms with van der Waals surface area (Å²) in [5, 5.41) is 1.00. The van der Waals surface area contributed by atoms with E-state index in [4.69, 9.17) is 0 Å². The minimum absolute atomic E-state index is 0.261. The Morgan fingerprint density at radius 2 is 2.18 bits per heavy atom. The van der Waals surface area contributed by atoms with Gasteiger partial charge in [0.25, 0.3) is 0 Å². The molecule has 5 heteroatoms. The number of piperidine rings is 1. The maximum Gasteiger partial charge on any atom is 0.233 e. The number of imidazole rings is 1. The van der Waals surface area contributed by atoms with Gasteiger partial charge in [-0.15, -0.1) is 0 Å². The Hall–Kier alpha value is -0.970. The molecule has 2 heterocycles. The van der Waals surface area contributed by atoms with E-state index in [1.165, 1.54) is 18.5 Å². The molecule has 0 spiro atoms. The Kier molecular flexibility index (Phi) is 6.36. The molecule has 2 rings (SSSR count). The molecule has 1 fully saturated rings. The highest BCUT2D eigenvalue weighted by Gasteiger charge is 2.21. The standard InChI is InChI=1S/C17H29N3OS/c1-5-6-10-20-15(4)14(3)18-17(20)22-12-16(21)19-9-7-8-13(2)11-19/h13H,5-12H2,1-4H3. The van der Waals surface area contributed by atoms with E-state index in [0.29, 0.717) is 11.7 Å².